The van der Waals surface area contributed by atoms with E-state index in [0.29, 0.717) is 18.6 Å². The first-order chi connectivity index (χ1) is 10.2. The Labute approximate surface area is 134 Å². The van der Waals surface area contributed by atoms with E-state index in [-0.39, 0.29) is 0 Å². The minimum atomic E-state index is 0.296. The molecule has 0 aliphatic rings. The molecule has 0 aromatic heterocycles. The number of rotatable bonds is 11. The van der Waals surface area contributed by atoms with Crippen LogP contribution in [0.5, 0.6) is 0 Å². The van der Waals surface area contributed by atoms with Gasteiger partial charge in [-0.05, 0) is 48.6 Å². The minimum Gasteiger partial charge on any atom is -0.396 e. The van der Waals surface area contributed by atoms with Crippen molar-refractivity contribution in [3.05, 3.63) is 35.4 Å². The number of hydrogen-bond acceptors (Lipinski definition) is 3. The molecular formula is C18H31NOS. The van der Waals surface area contributed by atoms with E-state index < -0.39 is 0 Å². The van der Waals surface area contributed by atoms with E-state index >= 15 is 0 Å². The van der Waals surface area contributed by atoms with Gasteiger partial charge in [0.1, 0.15) is 0 Å². The number of nitrogens with one attached hydrogen (secondary N) is 1. The fourth-order valence-electron chi connectivity index (χ4n) is 2.32. The Morgan fingerprint density at radius 2 is 1.90 bits per heavy atom. The van der Waals surface area contributed by atoms with Gasteiger partial charge in [0.2, 0.25) is 0 Å². The van der Waals surface area contributed by atoms with Crippen LogP contribution >= 0.6 is 11.8 Å². The molecule has 1 atom stereocenters. The van der Waals surface area contributed by atoms with E-state index in [9.17, 15) is 0 Å². The normalized spacial score (nSPS) is 12.8. The van der Waals surface area contributed by atoms with E-state index in [1.165, 1.54) is 11.1 Å². The quantitative estimate of drug-likeness (QED) is 0.605. The highest BCUT2D eigenvalue weighted by Crippen LogP contribution is 2.20. The molecule has 0 spiro atoms. The third-order valence-electron chi connectivity index (χ3n) is 3.40. The number of aliphatic hydroxyl groups is 1. The average molecular weight is 310 g/mol. The molecule has 1 unspecified atom stereocenters. The van der Waals surface area contributed by atoms with Crippen LogP contribution in [0.15, 0.2) is 24.3 Å². The Bertz CT molecular complexity index is 364. The monoisotopic (exact) mass is 309 g/mol. The molecule has 0 heterocycles. The maximum Gasteiger partial charge on any atom is 0.0438 e. The SMILES string of the molecule is CCCNC(CSCCCO)c1ccc(CC(C)C)cc1. The highest BCUT2D eigenvalue weighted by atomic mass is 32.2. The van der Waals surface area contributed by atoms with Gasteiger partial charge in [-0.25, -0.2) is 0 Å². The van der Waals surface area contributed by atoms with Crippen LogP contribution in [0.4, 0.5) is 0 Å². The fraction of sp³-hybridized carbons (Fsp3) is 0.667. The van der Waals surface area contributed by atoms with Crippen molar-refractivity contribution in [2.75, 3.05) is 24.7 Å². The fourth-order valence-corrected chi connectivity index (χ4v) is 3.36. The van der Waals surface area contributed by atoms with Crippen molar-refractivity contribution in [3.63, 3.8) is 0 Å². The van der Waals surface area contributed by atoms with Crippen LogP contribution in [-0.2, 0) is 6.42 Å². The van der Waals surface area contributed by atoms with Crippen LogP contribution in [0, 0.1) is 5.92 Å². The Morgan fingerprint density at radius 1 is 1.19 bits per heavy atom. The van der Waals surface area contributed by atoms with Gasteiger partial charge >= 0.3 is 0 Å². The lowest BCUT2D eigenvalue weighted by atomic mass is 10.00. The number of thioether (sulfide) groups is 1. The van der Waals surface area contributed by atoms with Crippen LogP contribution < -0.4 is 5.32 Å². The lowest BCUT2D eigenvalue weighted by Gasteiger charge is -2.19. The van der Waals surface area contributed by atoms with Crippen molar-refractivity contribution in [2.45, 2.75) is 46.1 Å². The van der Waals surface area contributed by atoms with Gasteiger partial charge in [0, 0.05) is 18.4 Å². The van der Waals surface area contributed by atoms with Gasteiger partial charge in [-0.3, -0.25) is 0 Å². The predicted octanol–water partition coefficient (Wildman–Crippen LogP) is 4.04. The van der Waals surface area contributed by atoms with Crippen LogP contribution in [0.2, 0.25) is 0 Å². The Balaban J connectivity index is 2.59. The van der Waals surface area contributed by atoms with E-state index in [1.54, 1.807) is 0 Å². The summed E-state index contributed by atoms with van der Waals surface area (Å²) in [6, 6.07) is 9.51. The molecule has 1 rings (SSSR count). The first-order valence-corrected chi connectivity index (χ1v) is 9.33. The highest BCUT2D eigenvalue weighted by molar-refractivity contribution is 7.99. The Kier molecular flexibility index (Phi) is 9.81. The van der Waals surface area contributed by atoms with Crippen molar-refractivity contribution in [2.24, 2.45) is 5.92 Å². The molecule has 120 valence electrons. The van der Waals surface area contributed by atoms with Crippen LogP contribution in [-0.4, -0.2) is 29.8 Å². The largest absolute Gasteiger partial charge is 0.396 e. The second-order valence-electron chi connectivity index (χ2n) is 6.00. The topological polar surface area (TPSA) is 32.3 Å². The lowest BCUT2D eigenvalue weighted by Crippen LogP contribution is -2.24. The van der Waals surface area contributed by atoms with Crippen molar-refractivity contribution >= 4 is 11.8 Å². The van der Waals surface area contributed by atoms with E-state index in [2.05, 4.69) is 50.4 Å². The summed E-state index contributed by atoms with van der Waals surface area (Å²) in [5.41, 5.74) is 2.81. The maximum atomic E-state index is 8.86. The molecule has 0 amide bonds. The van der Waals surface area contributed by atoms with E-state index in [1.807, 2.05) is 11.8 Å². The summed E-state index contributed by atoms with van der Waals surface area (Å²) < 4.78 is 0. The third-order valence-corrected chi connectivity index (χ3v) is 4.54. The molecule has 2 nitrogen and oxygen atoms in total. The van der Waals surface area contributed by atoms with Gasteiger partial charge in [-0.1, -0.05) is 45.0 Å². The number of aliphatic hydroxyl groups excluding tert-OH is 1. The zero-order chi connectivity index (χ0) is 15.5. The first-order valence-electron chi connectivity index (χ1n) is 8.18. The van der Waals surface area contributed by atoms with Crippen molar-refractivity contribution in [3.8, 4) is 0 Å². The van der Waals surface area contributed by atoms with Gasteiger partial charge in [0.15, 0.2) is 0 Å². The molecule has 0 saturated carbocycles. The molecule has 0 aliphatic heterocycles. The molecule has 0 saturated heterocycles. The van der Waals surface area contributed by atoms with Crippen LogP contribution in [0.25, 0.3) is 0 Å². The third kappa shape index (κ3) is 7.89. The molecular weight excluding hydrogens is 278 g/mol. The van der Waals surface area contributed by atoms with Gasteiger partial charge in [0.25, 0.3) is 0 Å². The summed E-state index contributed by atoms with van der Waals surface area (Å²) in [4.78, 5) is 0. The highest BCUT2D eigenvalue weighted by Gasteiger charge is 2.10. The number of hydrogen-bond donors (Lipinski definition) is 2. The zero-order valence-corrected chi connectivity index (χ0v) is 14.6. The van der Waals surface area contributed by atoms with Gasteiger partial charge in [0.05, 0.1) is 0 Å². The van der Waals surface area contributed by atoms with Crippen LogP contribution in [0.3, 0.4) is 0 Å². The second-order valence-corrected chi connectivity index (χ2v) is 7.15. The molecule has 1 aromatic rings. The zero-order valence-electron chi connectivity index (χ0n) is 13.8. The smallest absolute Gasteiger partial charge is 0.0438 e. The number of benzene rings is 1. The molecule has 0 bridgehead atoms. The summed E-state index contributed by atoms with van der Waals surface area (Å²) in [6.45, 7) is 8.08. The van der Waals surface area contributed by atoms with Crippen molar-refractivity contribution < 1.29 is 5.11 Å². The lowest BCUT2D eigenvalue weighted by molar-refractivity contribution is 0.296. The second kappa shape index (κ2) is 11.1. The van der Waals surface area contributed by atoms with Crippen LogP contribution in [0.1, 0.15) is 50.8 Å². The standard InChI is InChI=1S/C18H31NOS/c1-4-10-19-18(14-21-12-5-11-20)17-8-6-16(7-9-17)13-15(2)3/h6-9,15,18-20H,4-5,10-14H2,1-3H3. The van der Waals surface area contributed by atoms with Crippen molar-refractivity contribution in [1.82, 2.24) is 5.32 Å². The Morgan fingerprint density at radius 3 is 2.48 bits per heavy atom. The molecule has 1 aromatic carbocycles. The molecule has 0 fully saturated rings. The first kappa shape index (κ1) is 18.5. The summed E-state index contributed by atoms with van der Waals surface area (Å²) >= 11 is 1.92. The Hall–Kier alpha value is -0.510. The van der Waals surface area contributed by atoms with E-state index in [4.69, 9.17) is 5.11 Å². The summed E-state index contributed by atoms with van der Waals surface area (Å²) in [7, 11) is 0. The minimum absolute atomic E-state index is 0.296. The van der Waals surface area contributed by atoms with Crippen molar-refractivity contribution in [1.29, 1.82) is 0 Å². The van der Waals surface area contributed by atoms with Gasteiger partial charge < -0.3 is 10.4 Å². The van der Waals surface area contributed by atoms with Gasteiger partial charge in [-0.15, -0.1) is 0 Å². The molecule has 21 heavy (non-hydrogen) atoms. The van der Waals surface area contributed by atoms with Gasteiger partial charge in [-0.2, -0.15) is 11.8 Å². The molecule has 3 heteroatoms. The molecule has 0 radical (unpaired) electrons. The summed E-state index contributed by atoms with van der Waals surface area (Å²) in [5.74, 6) is 2.81. The average Bonchev–Trinajstić information content (AvgIpc) is 2.47. The summed E-state index contributed by atoms with van der Waals surface area (Å²) in [6.07, 6.45) is 3.19. The molecule has 0 aliphatic carbocycles. The molecule has 2 N–H and O–H groups in total. The predicted molar refractivity (Wildman–Crippen MR) is 95.0 cm³/mol. The summed E-state index contributed by atoms with van der Waals surface area (Å²) in [5, 5.41) is 12.5. The maximum absolute atomic E-state index is 8.86. The van der Waals surface area contributed by atoms with E-state index in [0.717, 1.165) is 37.3 Å².